The van der Waals surface area contributed by atoms with Crippen molar-refractivity contribution in [3.05, 3.63) is 60.2 Å². The second kappa shape index (κ2) is 7.80. The minimum absolute atomic E-state index is 0.0791. The average Bonchev–Trinajstić information content (AvgIpc) is 3.48. The summed E-state index contributed by atoms with van der Waals surface area (Å²) in [7, 11) is 3.63. The Morgan fingerprint density at radius 2 is 2.03 bits per heavy atom. The van der Waals surface area contributed by atoms with Gasteiger partial charge in [0.2, 0.25) is 0 Å². The summed E-state index contributed by atoms with van der Waals surface area (Å²) in [5.41, 5.74) is 3.51. The Hall–Kier alpha value is -3.65. The number of nitrogens with one attached hydrogen (secondary N) is 1. The van der Waals surface area contributed by atoms with Crippen molar-refractivity contribution in [2.24, 2.45) is 7.05 Å². The molecule has 7 nitrogen and oxygen atoms in total. The number of aromatic nitrogens is 4. The Morgan fingerprint density at radius 3 is 2.75 bits per heavy atom. The molecule has 5 aromatic rings. The predicted octanol–water partition coefficient (Wildman–Crippen LogP) is 5.13. The lowest BCUT2D eigenvalue weighted by Gasteiger charge is -2.08. The number of hydrogen-bond acceptors (Lipinski definition) is 5. The van der Waals surface area contributed by atoms with Gasteiger partial charge in [0.25, 0.3) is 5.91 Å². The van der Waals surface area contributed by atoms with Gasteiger partial charge >= 0.3 is 0 Å². The zero-order valence-electron chi connectivity index (χ0n) is 18.3. The Bertz CT molecular complexity index is 1480. The van der Waals surface area contributed by atoms with Crippen molar-refractivity contribution in [2.45, 2.75) is 20.4 Å². The van der Waals surface area contributed by atoms with E-state index >= 15 is 0 Å². The molecule has 0 saturated heterocycles. The van der Waals surface area contributed by atoms with Crippen molar-refractivity contribution in [3.8, 4) is 22.2 Å². The van der Waals surface area contributed by atoms with Crippen molar-refractivity contribution in [1.82, 2.24) is 24.4 Å². The maximum Gasteiger partial charge on any atom is 0.253 e. The summed E-state index contributed by atoms with van der Waals surface area (Å²) in [6.07, 6.45) is 5.48. The van der Waals surface area contributed by atoms with Gasteiger partial charge in [-0.1, -0.05) is 0 Å². The van der Waals surface area contributed by atoms with Crippen LogP contribution in [0.2, 0.25) is 0 Å². The van der Waals surface area contributed by atoms with Gasteiger partial charge in [0.15, 0.2) is 0 Å². The molecule has 0 aliphatic carbocycles. The molecule has 1 amide bonds. The number of nitrogens with zero attached hydrogens (tertiary/aromatic N) is 4. The van der Waals surface area contributed by atoms with Crippen molar-refractivity contribution in [1.29, 1.82) is 0 Å². The summed E-state index contributed by atoms with van der Waals surface area (Å²) in [5, 5.41) is 3.67. The maximum atomic E-state index is 12.5. The van der Waals surface area contributed by atoms with Crippen LogP contribution in [0.15, 0.2) is 48.9 Å². The van der Waals surface area contributed by atoms with Crippen molar-refractivity contribution >= 4 is 38.4 Å². The number of rotatable bonds is 5. The van der Waals surface area contributed by atoms with Gasteiger partial charge in [0, 0.05) is 62.4 Å². The van der Waals surface area contributed by atoms with Crippen LogP contribution < -0.4 is 10.1 Å². The lowest BCUT2D eigenvalue weighted by atomic mass is 10.1. The number of carbonyl (C=O) groups excluding carboxylic acids is 1. The number of aryl methyl sites for hydroxylation is 2. The fraction of sp³-hybridized carbons (Fsp3) is 0.208. The first-order valence-corrected chi connectivity index (χ1v) is 11.2. The van der Waals surface area contributed by atoms with Crippen LogP contribution in [0.4, 0.5) is 0 Å². The smallest absolute Gasteiger partial charge is 0.253 e. The van der Waals surface area contributed by atoms with Crippen LogP contribution in [-0.2, 0) is 13.6 Å². The monoisotopic (exact) mass is 445 g/mol. The molecule has 0 saturated carbocycles. The van der Waals surface area contributed by atoms with Crippen LogP contribution in [-0.4, -0.2) is 32.1 Å². The van der Waals surface area contributed by atoms with Crippen LogP contribution in [0.1, 0.15) is 23.0 Å². The summed E-state index contributed by atoms with van der Waals surface area (Å²) in [6.45, 7) is 4.82. The molecule has 0 unspecified atom stereocenters. The van der Waals surface area contributed by atoms with E-state index in [1.165, 1.54) is 0 Å². The molecule has 0 spiro atoms. The first-order chi connectivity index (χ1) is 15.5. The summed E-state index contributed by atoms with van der Waals surface area (Å²) in [4.78, 5) is 22.5. The van der Waals surface area contributed by atoms with Crippen LogP contribution in [0.5, 0.6) is 11.5 Å². The molecule has 0 fully saturated rings. The zero-order chi connectivity index (χ0) is 22.4. The Labute approximate surface area is 189 Å². The maximum absolute atomic E-state index is 12.5. The van der Waals surface area contributed by atoms with Crippen molar-refractivity contribution < 1.29 is 9.53 Å². The molecule has 162 valence electrons. The first-order valence-electron chi connectivity index (χ1n) is 10.4. The van der Waals surface area contributed by atoms with E-state index in [0.29, 0.717) is 11.3 Å². The third-order valence-electron chi connectivity index (χ3n) is 5.71. The van der Waals surface area contributed by atoms with Crippen LogP contribution in [0.3, 0.4) is 0 Å². The molecule has 4 aromatic heterocycles. The summed E-state index contributed by atoms with van der Waals surface area (Å²) >= 11 is 1.61. The van der Waals surface area contributed by atoms with E-state index in [9.17, 15) is 4.79 Å². The highest BCUT2D eigenvalue weighted by molar-refractivity contribution is 7.22. The number of hydrogen-bond donors (Lipinski definition) is 1. The molecule has 1 N–H and O–H groups in total. The summed E-state index contributed by atoms with van der Waals surface area (Å²) in [6, 6.07) is 9.79. The predicted molar refractivity (Wildman–Crippen MR) is 128 cm³/mol. The molecule has 0 aliphatic rings. The van der Waals surface area contributed by atoms with Gasteiger partial charge in [-0.3, -0.25) is 9.78 Å². The van der Waals surface area contributed by atoms with Gasteiger partial charge < -0.3 is 19.2 Å². The van der Waals surface area contributed by atoms with Crippen molar-refractivity contribution in [2.75, 3.05) is 7.05 Å². The number of amides is 1. The van der Waals surface area contributed by atoms with E-state index in [-0.39, 0.29) is 5.91 Å². The van der Waals surface area contributed by atoms with E-state index in [1.54, 1.807) is 30.8 Å². The molecular formula is C24H23N5O2S. The molecule has 0 atom stereocenters. The normalized spacial score (nSPS) is 11.4. The number of carbonyl (C=O) groups is 1. The minimum Gasteiger partial charge on any atom is -0.456 e. The third kappa shape index (κ3) is 3.15. The number of pyridine rings is 1. The van der Waals surface area contributed by atoms with Gasteiger partial charge in [-0.25, -0.2) is 4.98 Å². The second-order valence-electron chi connectivity index (χ2n) is 7.56. The molecule has 0 radical (unpaired) electrons. The molecule has 5 rings (SSSR count). The van der Waals surface area contributed by atoms with Crippen LogP contribution in [0, 0.1) is 6.92 Å². The summed E-state index contributed by atoms with van der Waals surface area (Å²) in [5.74, 6) is 2.29. The highest BCUT2D eigenvalue weighted by Gasteiger charge is 2.19. The van der Waals surface area contributed by atoms with Crippen LogP contribution in [0.25, 0.3) is 31.8 Å². The number of fused-ring (bicyclic) bond motifs is 2. The topological polar surface area (TPSA) is 74.0 Å². The minimum atomic E-state index is -0.0791. The standard InChI is InChI=1S/C24H23N5O2S/c1-5-29-14(2)21(24(30)25-3)16-7-6-15(12-18(16)29)31-19-8-9-26-17-13-20(32-22(17)19)23-27-10-11-28(23)4/h6-13H,5H2,1-4H3,(H,25,30). The van der Waals surface area contributed by atoms with E-state index < -0.39 is 0 Å². The van der Waals surface area contributed by atoms with Crippen LogP contribution >= 0.6 is 11.3 Å². The number of ether oxygens (including phenoxy) is 1. The molecular weight excluding hydrogens is 422 g/mol. The molecule has 0 bridgehead atoms. The largest absolute Gasteiger partial charge is 0.456 e. The molecule has 0 aliphatic heterocycles. The Morgan fingerprint density at radius 1 is 1.19 bits per heavy atom. The lowest BCUT2D eigenvalue weighted by molar-refractivity contribution is 0.0964. The van der Waals surface area contributed by atoms with Gasteiger partial charge in [-0.15, -0.1) is 11.3 Å². The van der Waals surface area contributed by atoms with Gasteiger partial charge in [0.05, 0.1) is 26.2 Å². The first kappa shape index (κ1) is 20.3. The van der Waals surface area contributed by atoms with Gasteiger partial charge in [0.1, 0.15) is 17.3 Å². The number of imidazole rings is 1. The highest BCUT2D eigenvalue weighted by atomic mass is 32.1. The van der Waals surface area contributed by atoms with E-state index in [0.717, 1.165) is 49.8 Å². The molecule has 8 heteroatoms. The Balaban J connectivity index is 1.58. The third-order valence-corrected chi connectivity index (χ3v) is 6.85. The average molecular weight is 446 g/mol. The quantitative estimate of drug-likeness (QED) is 0.407. The SMILES string of the molecule is CCn1c(C)c(C(=O)NC)c2ccc(Oc3ccnc4cc(-c5nccn5C)sc34)cc21. The van der Waals surface area contributed by atoms with E-state index in [1.807, 2.05) is 55.1 Å². The van der Waals surface area contributed by atoms with E-state index in [2.05, 4.69) is 26.8 Å². The Kier molecular flexibility index (Phi) is 4.94. The summed E-state index contributed by atoms with van der Waals surface area (Å²) < 4.78 is 11.4. The highest BCUT2D eigenvalue weighted by Crippen LogP contribution is 2.39. The number of thiophene rings is 1. The van der Waals surface area contributed by atoms with Gasteiger partial charge in [-0.2, -0.15) is 0 Å². The fourth-order valence-corrected chi connectivity index (χ4v) is 5.28. The van der Waals surface area contributed by atoms with Gasteiger partial charge in [-0.05, 0) is 32.0 Å². The zero-order valence-corrected chi connectivity index (χ0v) is 19.2. The molecule has 4 heterocycles. The molecule has 32 heavy (non-hydrogen) atoms. The van der Waals surface area contributed by atoms with Crippen molar-refractivity contribution in [3.63, 3.8) is 0 Å². The second-order valence-corrected chi connectivity index (χ2v) is 8.61. The molecule has 1 aromatic carbocycles. The number of benzene rings is 1. The lowest BCUT2D eigenvalue weighted by Crippen LogP contribution is -2.18. The fourth-order valence-electron chi connectivity index (χ4n) is 4.17. The van der Waals surface area contributed by atoms with E-state index in [4.69, 9.17) is 4.74 Å².